The summed E-state index contributed by atoms with van der Waals surface area (Å²) in [5, 5.41) is 0. The van der Waals surface area contributed by atoms with Crippen LogP contribution in [0, 0.1) is 0 Å². The summed E-state index contributed by atoms with van der Waals surface area (Å²) in [5.41, 5.74) is 0. The summed E-state index contributed by atoms with van der Waals surface area (Å²) in [5.74, 6) is 0. The molecule has 0 atom stereocenters. The molecule has 0 saturated heterocycles. The normalized spacial score (nSPS) is 11.6. The van der Waals surface area contributed by atoms with Crippen LogP contribution in [0.5, 0.6) is 36.1 Å². The van der Waals surface area contributed by atoms with Crippen molar-refractivity contribution < 1.29 is 28.4 Å². The average molecular weight is 557 g/mol. The van der Waals surface area contributed by atoms with Gasteiger partial charge in [-0.1, -0.05) is 48.6 Å². The molecular weight excluding hydrogens is 516 g/mol. The van der Waals surface area contributed by atoms with Gasteiger partial charge in [-0.2, -0.15) is 0 Å². The van der Waals surface area contributed by atoms with Crippen molar-refractivity contribution >= 4 is 0 Å². The first-order valence-corrected chi connectivity index (χ1v) is 13.4. The molecule has 0 N–H and O–H groups in total. The van der Waals surface area contributed by atoms with E-state index in [9.17, 15) is 0 Å². The molecule has 0 aliphatic rings. The molecule has 218 valence electrons. The van der Waals surface area contributed by atoms with Gasteiger partial charge in [0.15, 0.2) is 0 Å². The molecule has 0 radical (unpaired) electrons. The first-order valence-electron chi connectivity index (χ1n) is 13.4. The highest BCUT2D eigenvalue weighted by atomic mass is 16.5. The maximum Gasteiger partial charge on any atom is 0.326 e. The molecule has 0 aliphatic heterocycles. The van der Waals surface area contributed by atoms with Gasteiger partial charge in [-0.3, -0.25) is 0 Å². The minimum atomic E-state index is 0.153. The van der Waals surface area contributed by atoms with Gasteiger partial charge in [0.25, 0.3) is 0 Å². The number of unbranched alkanes of at least 4 members (excludes halogenated alkanes) is 3. The molecule has 0 fully saturated rings. The van der Waals surface area contributed by atoms with E-state index in [1.54, 1.807) is 0 Å². The monoisotopic (exact) mass is 556 g/mol. The van der Waals surface area contributed by atoms with E-state index in [0.29, 0.717) is 39.6 Å². The minimum Gasteiger partial charge on any atom is -0.463 e. The number of hydrogen-bond acceptors (Lipinski definition) is 12. The predicted molar refractivity (Wildman–Crippen MR) is 150 cm³/mol. The largest absolute Gasteiger partial charge is 0.463 e. The van der Waals surface area contributed by atoms with Gasteiger partial charge in [0, 0.05) is 0 Å². The van der Waals surface area contributed by atoms with Crippen LogP contribution in [0.2, 0.25) is 0 Å². The smallest absolute Gasteiger partial charge is 0.326 e. The highest BCUT2D eigenvalue weighted by Gasteiger charge is 2.11. The van der Waals surface area contributed by atoms with Crippen LogP contribution >= 0.6 is 0 Å². The molecule has 40 heavy (non-hydrogen) atoms. The Kier molecular flexibility index (Phi) is 16.6. The SMILES string of the molecule is C/C=C/COc1nc(OC/C=C/C)nc(OCCCCCCOc2nc(OC/C=C/C)nc(OC/C=C/C)n2)n1. The molecule has 0 spiro atoms. The Morgan fingerprint density at radius 2 is 0.625 bits per heavy atom. The zero-order valence-electron chi connectivity index (χ0n) is 23.8. The lowest BCUT2D eigenvalue weighted by molar-refractivity contribution is 0.239. The van der Waals surface area contributed by atoms with Crippen LogP contribution in [-0.4, -0.2) is 69.5 Å². The van der Waals surface area contributed by atoms with Gasteiger partial charge >= 0.3 is 36.1 Å². The lowest BCUT2D eigenvalue weighted by atomic mass is 10.2. The van der Waals surface area contributed by atoms with E-state index in [2.05, 4.69) is 29.9 Å². The fraction of sp³-hybridized carbons (Fsp3) is 0.500. The van der Waals surface area contributed by atoms with Crippen LogP contribution in [0.1, 0.15) is 53.4 Å². The summed E-state index contributed by atoms with van der Waals surface area (Å²) in [6, 6.07) is 0.942. The fourth-order valence-electron chi connectivity index (χ4n) is 2.79. The second-order valence-electron chi connectivity index (χ2n) is 8.00. The second-order valence-corrected chi connectivity index (χ2v) is 8.00. The number of ether oxygens (including phenoxy) is 6. The molecule has 0 aromatic carbocycles. The van der Waals surface area contributed by atoms with E-state index in [1.165, 1.54) is 0 Å². The highest BCUT2D eigenvalue weighted by Crippen LogP contribution is 2.17. The summed E-state index contributed by atoms with van der Waals surface area (Å²) in [6.45, 7) is 9.90. The van der Waals surface area contributed by atoms with E-state index in [4.69, 9.17) is 28.4 Å². The van der Waals surface area contributed by atoms with Gasteiger partial charge in [0.1, 0.15) is 26.4 Å². The van der Waals surface area contributed by atoms with E-state index in [-0.39, 0.29) is 36.1 Å². The molecule has 2 heterocycles. The number of hydrogen-bond donors (Lipinski definition) is 0. The molecule has 0 unspecified atom stereocenters. The number of allylic oxidation sites excluding steroid dienone is 4. The third-order valence-corrected chi connectivity index (χ3v) is 4.83. The number of nitrogens with zero attached hydrogens (tertiary/aromatic N) is 6. The maximum absolute atomic E-state index is 5.73. The van der Waals surface area contributed by atoms with Crippen molar-refractivity contribution in [3.8, 4) is 36.1 Å². The molecular formula is C28H40N6O6. The first kappa shape index (κ1) is 32.0. The zero-order valence-corrected chi connectivity index (χ0v) is 23.8. The van der Waals surface area contributed by atoms with Gasteiger partial charge in [-0.25, -0.2) is 0 Å². The standard InChI is InChI=1S/C28H40N6O6/c1-5-9-17-35-23-29-24(36-18-10-6-2)32-27(31-23)39-21-15-13-14-16-22-40-28-33-25(37-19-11-7-3)30-26(34-28)38-20-12-8-4/h5-12H,13-22H2,1-4H3/b9-5+,10-6+,11-7+,12-8+. The van der Waals surface area contributed by atoms with Gasteiger partial charge in [-0.15, -0.1) is 29.9 Å². The number of aromatic nitrogens is 6. The van der Waals surface area contributed by atoms with Crippen LogP contribution < -0.4 is 28.4 Å². The topological polar surface area (TPSA) is 133 Å². The van der Waals surface area contributed by atoms with Gasteiger partial charge < -0.3 is 28.4 Å². The Morgan fingerprint density at radius 1 is 0.375 bits per heavy atom. The van der Waals surface area contributed by atoms with Crippen molar-refractivity contribution in [2.75, 3.05) is 39.6 Å². The lowest BCUT2D eigenvalue weighted by Crippen LogP contribution is -2.09. The second kappa shape index (κ2) is 20.7. The van der Waals surface area contributed by atoms with E-state index in [0.717, 1.165) is 25.7 Å². The van der Waals surface area contributed by atoms with Crippen molar-refractivity contribution in [1.29, 1.82) is 0 Å². The summed E-state index contributed by atoms with van der Waals surface area (Å²) in [7, 11) is 0. The molecule has 0 bridgehead atoms. The van der Waals surface area contributed by atoms with Crippen molar-refractivity contribution in [1.82, 2.24) is 29.9 Å². The predicted octanol–water partition coefficient (Wildman–Crippen LogP) is 4.89. The van der Waals surface area contributed by atoms with Gasteiger partial charge in [0.05, 0.1) is 13.2 Å². The third kappa shape index (κ3) is 14.1. The Hall–Kier alpha value is -4.22. The summed E-state index contributed by atoms with van der Waals surface area (Å²) >= 11 is 0. The van der Waals surface area contributed by atoms with Crippen molar-refractivity contribution in [3.05, 3.63) is 48.6 Å². The molecule has 12 heteroatoms. The van der Waals surface area contributed by atoms with Crippen LogP contribution in [0.4, 0.5) is 0 Å². The summed E-state index contributed by atoms with van der Waals surface area (Å²) < 4.78 is 33.6. The highest BCUT2D eigenvalue weighted by molar-refractivity contribution is 5.10. The fourth-order valence-corrected chi connectivity index (χ4v) is 2.79. The molecule has 0 aliphatic carbocycles. The van der Waals surface area contributed by atoms with Crippen molar-refractivity contribution in [3.63, 3.8) is 0 Å². The number of rotatable bonds is 21. The zero-order chi connectivity index (χ0) is 28.7. The summed E-state index contributed by atoms with van der Waals surface area (Å²) in [6.07, 6.45) is 18.4. The molecule has 0 amide bonds. The minimum absolute atomic E-state index is 0.153. The Labute approximate surface area is 236 Å². The van der Waals surface area contributed by atoms with E-state index >= 15 is 0 Å². The quantitative estimate of drug-likeness (QED) is 0.153. The molecule has 0 saturated carbocycles. The maximum atomic E-state index is 5.73. The lowest BCUT2D eigenvalue weighted by Gasteiger charge is -2.09. The Morgan fingerprint density at radius 3 is 0.875 bits per heavy atom. The van der Waals surface area contributed by atoms with Crippen LogP contribution in [0.3, 0.4) is 0 Å². The molecule has 2 aromatic heterocycles. The van der Waals surface area contributed by atoms with E-state index in [1.807, 2.05) is 76.3 Å². The van der Waals surface area contributed by atoms with Gasteiger partial charge in [0.2, 0.25) is 0 Å². The van der Waals surface area contributed by atoms with Crippen molar-refractivity contribution in [2.24, 2.45) is 0 Å². The van der Waals surface area contributed by atoms with E-state index < -0.39 is 0 Å². The van der Waals surface area contributed by atoms with Crippen LogP contribution in [0.15, 0.2) is 48.6 Å². The van der Waals surface area contributed by atoms with Gasteiger partial charge in [-0.05, 0) is 53.4 Å². The summed E-state index contributed by atoms with van der Waals surface area (Å²) in [4.78, 5) is 25.2. The average Bonchev–Trinajstić information content (AvgIpc) is 2.95. The Balaban J connectivity index is 1.76. The molecule has 2 aromatic rings. The van der Waals surface area contributed by atoms with Crippen LogP contribution in [-0.2, 0) is 0 Å². The van der Waals surface area contributed by atoms with Crippen molar-refractivity contribution in [2.45, 2.75) is 53.4 Å². The molecule has 2 rings (SSSR count). The third-order valence-electron chi connectivity index (χ3n) is 4.83. The first-order chi connectivity index (χ1) is 19.7. The van der Waals surface area contributed by atoms with Crippen LogP contribution in [0.25, 0.3) is 0 Å². The Bertz CT molecular complexity index is 939. The molecule has 12 nitrogen and oxygen atoms in total.